The number of hydrogen-bond donors (Lipinski definition) is 13. The maximum absolute atomic E-state index is 10.9. The first-order valence-electron chi connectivity index (χ1n) is 9.03. The minimum atomic E-state index is -4.76. The number of halogens is 1. The van der Waals surface area contributed by atoms with Gasteiger partial charge in [0.2, 0.25) is 5.79 Å². The Morgan fingerprint density at radius 1 is 0.750 bits per heavy atom. The Morgan fingerprint density at radius 2 is 1.12 bits per heavy atom. The summed E-state index contributed by atoms with van der Waals surface area (Å²) < 4.78 is 0. The van der Waals surface area contributed by atoms with Crippen molar-refractivity contribution in [1.29, 1.82) is 0 Å². The van der Waals surface area contributed by atoms with E-state index in [1.807, 2.05) is 0 Å². The van der Waals surface area contributed by atoms with E-state index in [-0.39, 0.29) is 19.3 Å². The number of phenols is 4. The second-order valence-corrected chi connectivity index (χ2v) is 8.54. The standard InChI is InChI=1S/C17H26ClNO13/c1-19(2)12(14(24,25)15(26,16(27,28)29)17(30,31)32)13(4-3-5-13)6-8(20)10(22)7(18)11(23)9(6)21/h12,20-32H,3-5H2,1-2H3. The first kappa shape index (κ1) is 26.6. The Hall–Kier alpha value is -1.69. The Balaban J connectivity index is 2.93. The van der Waals surface area contributed by atoms with Gasteiger partial charge in [-0.2, -0.15) is 0 Å². The number of nitrogens with zero attached hydrogens (tertiary/aromatic N) is 1. The highest BCUT2D eigenvalue weighted by Gasteiger charge is 2.78. The number of hydrogen-bond acceptors (Lipinski definition) is 14. The number of aliphatic hydroxyl groups is 9. The molecule has 1 aliphatic carbocycles. The summed E-state index contributed by atoms with van der Waals surface area (Å²) in [6, 6.07) is -2.22. The zero-order valence-electron chi connectivity index (χ0n) is 16.8. The van der Waals surface area contributed by atoms with Crippen molar-refractivity contribution in [3.8, 4) is 23.0 Å². The minimum absolute atomic E-state index is 0.207. The lowest BCUT2D eigenvalue weighted by molar-refractivity contribution is -0.547. The highest BCUT2D eigenvalue weighted by atomic mass is 35.5. The molecule has 13 N–H and O–H groups in total. The van der Waals surface area contributed by atoms with Crippen LogP contribution in [-0.2, 0) is 5.41 Å². The summed E-state index contributed by atoms with van der Waals surface area (Å²) in [6.45, 7) is 0. The molecule has 2 rings (SSSR count). The largest absolute Gasteiger partial charge is 0.504 e. The summed E-state index contributed by atoms with van der Waals surface area (Å²) in [4.78, 5) is 0.850. The molecule has 1 saturated carbocycles. The molecular formula is C17H26ClNO13. The first-order valence-corrected chi connectivity index (χ1v) is 9.41. The fraction of sp³-hybridized carbons (Fsp3) is 0.647. The number of rotatable bonds is 7. The molecule has 14 nitrogen and oxygen atoms in total. The molecule has 1 fully saturated rings. The van der Waals surface area contributed by atoms with Crippen molar-refractivity contribution in [3.63, 3.8) is 0 Å². The van der Waals surface area contributed by atoms with Gasteiger partial charge in [-0.3, -0.25) is 0 Å². The third-order valence-electron chi connectivity index (χ3n) is 6.01. The topological polar surface area (TPSA) is 266 Å². The van der Waals surface area contributed by atoms with E-state index in [1.165, 1.54) is 0 Å². The lowest BCUT2D eigenvalue weighted by Crippen LogP contribution is -2.84. The maximum Gasteiger partial charge on any atom is 0.320 e. The maximum atomic E-state index is 10.9. The second-order valence-electron chi connectivity index (χ2n) is 8.17. The van der Waals surface area contributed by atoms with Crippen LogP contribution in [0.2, 0.25) is 5.02 Å². The summed E-state index contributed by atoms with van der Waals surface area (Å²) in [5.74, 6) is -18.3. The number of aromatic hydroxyl groups is 4. The van der Waals surface area contributed by atoms with E-state index in [0.29, 0.717) is 0 Å². The zero-order chi connectivity index (χ0) is 25.2. The fourth-order valence-electron chi connectivity index (χ4n) is 4.51. The molecule has 32 heavy (non-hydrogen) atoms. The predicted octanol–water partition coefficient (Wildman–Crippen LogP) is -3.81. The molecule has 0 amide bonds. The van der Waals surface area contributed by atoms with E-state index in [4.69, 9.17) is 11.6 Å². The van der Waals surface area contributed by atoms with Crippen molar-refractivity contribution < 1.29 is 66.4 Å². The molecule has 0 radical (unpaired) electrons. The molecule has 1 aromatic rings. The highest BCUT2D eigenvalue weighted by molar-refractivity contribution is 6.34. The van der Waals surface area contributed by atoms with E-state index in [9.17, 15) is 66.4 Å². The number of benzene rings is 1. The van der Waals surface area contributed by atoms with Crippen LogP contribution >= 0.6 is 11.6 Å². The van der Waals surface area contributed by atoms with Gasteiger partial charge in [0.05, 0.1) is 11.6 Å². The van der Waals surface area contributed by atoms with Crippen molar-refractivity contribution in [1.82, 2.24) is 4.90 Å². The smallest absolute Gasteiger partial charge is 0.320 e. The van der Waals surface area contributed by atoms with Crippen LogP contribution < -0.4 is 0 Å². The van der Waals surface area contributed by atoms with E-state index >= 15 is 0 Å². The van der Waals surface area contributed by atoms with E-state index < -0.39 is 68.4 Å². The van der Waals surface area contributed by atoms with Gasteiger partial charge in [-0.15, -0.1) is 0 Å². The Bertz CT molecular complexity index is 843. The predicted molar refractivity (Wildman–Crippen MR) is 102 cm³/mol. The van der Waals surface area contributed by atoms with Crippen molar-refractivity contribution in [3.05, 3.63) is 10.6 Å². The van der Waals surface area contributed by atoms with Crippen molar-refractivity contribution in [2.45, 2.75) is 54.1 Å². The van der Waals surface area contributed by atoms with Gasteiger partial charge < -0.3 is 71.3 Å². The van der Waals surface area contributed by atoms with E-state index in [2.05, 4.69) is 0 Å². The Labute approximate surface area is 185 Å². The Morgan fingerprint density at radius 3 is 1.38 bits per heavy atom. The van der Waals surface area contributed by atoms with Gasteiger partial charge in [-0.25, -0.2) is 0 Å². The van der Waals surface area contributed by atoms with Crippen LogP contribution in [0, 0.1) is 0 Å². The molecule has 0 bridgehead atoms. The Kier molecular flexibility index (Phi) is 6.37. The van der Waals surface area contributed by atoms with Gasteiger partial charge >= 0.3 is 11.9 Å². The third kappa shape index (κ3) is 3.36. The summed E-state index contributed by atoms with van der Waals surface area (Å²) in [5.41, 5.74) is -7.46. The molecule has 0 spiro atoms. The van der Waals surface area contributed by atoms with E-state index in [0.717, 1.165) is 19.0 Å². The van der Waals surface area contributed by atoms with Gasteiger partial charge in [0.25, 0.3) is 5.60 Å². The quantitative estimate of drug-likeness (QED) is 0.0997. The molecule has 184 valence electrons. The van der Waals surface area contributed by atoms with Crippen LogP contribution in [-0.4, -0.2) is 115 Å². The van der Waals surface area contributed by atoms with Gasteiger partial charge in [-0.1, -0.05) is 18.0 Å². The summed E-state index contributed by atoms with van der Waals surface area (Å²) in [6.07, 6.45) is -0.172. The van der Waals surface area contributed by atoms with Crippen LogP contribution in [0.1, 0.15) is 24.8 Å². The summed E-state index contributed by atoms with van der Waals surface area (Å²) in [7, 11) is 2.22. The zero-order valence-corrected chi connectivity index (χ0v) is 17.6. The van der Waals surface area contributed by atoms with Gasteiger partial charge in [0.15, 0.2) is 23.0 Å². The van der Waals surface area contributed by atoms with Crippen molar-refractivity contribution in [2.75, 3.05) is 14.1 Å². The van der Waals surface area contributed by atoms with Crippen LogP contribution in [0.5, 0.6) is 23.0 Å². The fourth-order valence-corrected chi connectivity index (χ4v) is 4.69. The SMILES string of the molecule is CN(C)C(C1(c2c(O)c(O)c(Cl)c(O)c2O)CCC1)C(O)(O)C(O)(C(O)(O)O)C(O)(O)O. The highest BCUT2D eigenvalue weighted by Crippen LogP contribution is 2.62. The van der Waals surface area contributed by atoms with Crippen molar-refractivity contribution >= 4 is 11.6 Å². The first-order chi connectivity index (χ1) is 14.2. The lowest BCUT2D eigenvalue weighted by Gasteiger charge is -2.59. The minimum Gasteiger partial charge on any atom is -0.504 e. The monoisotopic (exact) mass is 487 g/mol. The third-order valence-corrected chi connectivity index (χ3v) is 6.36. The summed E-state index contributed by atoms with van der Waals surface area (Å²) in [5, 5.41) is 130. The second kappa shape index (κ2) is 7.68. The van der Waals surface area contributed by atoms with Crippen LogP contribution in [0.3, 0.4) is 0 Å². The van der Waals surface area contributed by atoms with Gasteiger partial charge in [-0.05, 0) is 26.9 Å². The molecule has 1 atom stereocenters. The molecule has 15 heteroatoms. The number of phenolic OH excluding ortho intramolecular Hbond substituents is 4. The average Bonchev–Trinajstić information content (AvgIpc) is 2.59. The van der Waals surface area contributed by atoms with Crippen LogP contribution in [0.15, 0.2) is 0 Å². The van der Waals surface area contributed by atoms with E-state index in [1.54, 1.807) is 0 Å². The van der Waals surface area contributed by atoms with Crippen LogP contribution in [0.4, 0.5) is 0 Å². The van der Waals surface area contributed by atoms with Crippen molar-refractivity contribution in [2.24, 2.45) is 0 Å². The van der Waals surface area contributed by atoms with Gasteiger partial charge in [0, 0.05) is 5.41 Å². The number of likely N-dealkylation sites (N-methyl/N-ethyl adjacent to an activating group) is 1. The molecule has 0 aliphatic heterocycles. The molecule has 1 aromatic carbocycles. The summed E-state index contributed by atoms with van der Waals surface area (Å²) >= 11 is 5.63. The molecule has 1 aliphatic rings. The molecule has 0 saturated heterocycles. The molecule has 0 heterocycles. The molecular weight excluding hydrogens is 462 g/mol. The average molecular weight is 488 g/mol. The molecule has 1 unspecified atom stereocenters. The van der Waals surface area contributed by atoms with Gasteiger partial charge in [0.1, 0.15) is 5.02 Å². The van der Waals surface area contributed by atoms with Crippen LogP contribution in [0.25, 0.3) is 0 Å². The normalized spacial score (nSPS) is 18.5. The molecule has 0 aromatic heterocycles. The lowest BCUT2D eigenvalue weighted by atomic mass is 9.55.